The van der Waals surface area contributed by atoms with Crippen LogP contribution in [-0.2, 0) is 4.79 Å². The van der Waals surface area contributed by atoms with Gasteiger partial charge >= 0.3 is 12.0 Å². The molecule has 2 unspecified atom stereocenters. The normalized spacial score (nSPS) is 21.4. The molecule has 1 heterocycles. The van der Waals surface area contributed by atoms with Crippen molar-refractivity contribution in [1.29, 1.82) is 0 Å². The van der Waals surface area contributed by atoms with Gasteiger partial charge in [-0.05, 0) is 13.3 Å². The summed E-state index contributed by atoms with van der Waals surface area (Å²) in [5.74, 6) is 1.04. The van der Waals surface area contributed by atoms with E-state index in [0.29, 0.717) is 6.42 Å². The molecule has 0 aliphatic carbocycles. The lowest BCUT2D eigenvalue weighted by atomic mass is 10.1. The first-order chi connectivity index (χ1) is 8.54. The maximum Gasteiger partial charge on any atom is 0.317 e. The van der Waals surface area contributed by atoms with Gasteiger partial charge in [0, 0.05) is 30.1 Å². The van der Waals surface area contributed by atoms with Crippen LogP contribution >= 0.6 is 11.8 Å². The molecule has 18 heavy (non-hydrogen) atoms. The summed E-state index contributed by atoms with van der Waals surface area (Å²) < 4.78 is 0. The lowest BCUT2D eigenvalue weighted by molar-refractivity contribution is -0.137. The van der Waals surface area contributed by atoms with Crippen LogP contribution in [0.5, 0.6) is 0 Å². The van der Waals surface area contributed by atoms with Crippen LogP contribution in [0.4, 0.5) is 4.79 Å². The molecule has 1 fully saturated rings. The third kappa shape index (κ3) is 4.76. The first-order valence-electron chi connectivity index (χ1n) is 6.41. The van der Waals surface area contributed by atoms with Crippen LogP contribution in [0.15, 0.2) is 0 Å². The van der Waals surface area contributed by atoms with E-state index in [2.05, 4.69) is 5.32 Å². The number of nitrogens with one attached hydrogen (secondary N) is 1. The van der Waals surface area contributed by atoms with E-state index in [1.165, 1.54) is 0 Å². The minimum Gasteiger partial charge on any atom is -0.481 e. The van der Waals surface area contributed by atoms with Gasteiger partial charge in [0.1, 0.15) is 0 Å². The Morgan fingerprint density at radius 3 is 2.83 bits per heavy atom. The van der Waals surface area contributed by atoms with Crippen molar-refractivity contribution < 1.29 is 14.7 Å². The predicted octanol–water partition coefficient (Wildman–Crippen LogP) is 1.78. The molecular weight excluding hydrogens is 252 g/mol. The molecular formula is C12H22N2O3S. The standard InChI is InChI=1S/C12H22N2O3S/c1-3-4-10(7-11(15)16)13-12(17)14-5-6-18-8-9(14)2/h9-10H,3-8H2,1-2H3,(H,13,17)(H,15,16). The fraction of sp³-hybridized carbons (Fsp3) is 0.833. The number of amides is 2. The van der Waals surface area contributed by atoms with Crippen molar-refractivity contribution in [2.24, 2.45) is 0 Å². The molecule has 6 heteroatoms. The second kappa shape index (κ2) is 7.51. The zero-order chi connectivity index (χ0) is 13.5. The molecule has 0 spiro atoms. The predicted molar refractivity (Wildman–Crippen MR) is 73.0 cm³/mol. The molecule has 0 aromatic rings. The van der Waals surface area contributed by atoms with Gasteiger partial charge in [-0.2, -0.15) is 11.8 Å². The van der Waals surface area contributed by atoms with E-state index in [4.69, 9.17) is 5.11 Å². The molecule has 104 valence electrons. The van der Waals surface area contributed by atoms with E-state index in [1.807, 2.05) is 25.6 Å². The zero-order valence-electron chi connectivity index (χ0n) is 11.0. The molecule has 1 rings (SSSR count). The molecule has 0 radical (unpaired) electrons. The Hall–Kier alpha value is -0.910. The van der Waals surface area contributed by atoms with Crippen LogP contribution in [0.25, 0.3) is 0 Å². The van der Waals surface area contributed by atoms with E-state index in [1.54, 1.807) is 4.90 Å². The average Bonchev–Trinajstić information content (AvgIpc) is 2.28. The molecule has 2 amide bonds. The van der Waals surface area contributed by atoms with Crippen LogP contribution in [0, 0.1) is 0 Å². The molecule has 0 aromatic carbocycles. The quantitative estimate of drug-likeness (QED) is 0.801. The summed E-state index contributed by atoms with van der Waals surface area (Å²) in [4.78, 5) is 24.6. The molecule has 1 saturated heterocycles. The number of hydrogen-bond donors (Lipinski definition) is 2. The van der Waals surface area contributed by atoms with E-state index >= 15 is 0 Å². The lowest BCUT2D eigenvalue weighted by Crippen LogP contribution is -2.52. The number of carboxylic acids is 1. The monoisotopic (exact) mass is 274 g/mol. The van der Waals surface area contributed by atoms with Gasteiger partial charge in [-0.25, -0.2) is 4.79 Å². The first kappa shape index (κ1) is 15.1. The Morgan fingerprint density at radius 1 is 1.56 bits per heavy atom. The average molecular weight is 274 g/mol. The number of urea groups is 1. The summed E-state index contributed by atoms with van der Waals surface area (Å²) in [6, 6.07) is -0.167. The Labute approximate surface area is 112 Å². The second-order valence-corrected chi connectivity index (χ2v) is 5.80. The molecule has 2 atom stereocenters. The molecule has 0 saturated carbocycles. The zero-order valence-corrected chi connectivity index (χ0v) is 11.8. The van der Waals surface area contributed by atoms with Gasteiger partial charge in [-0.15, -0.1) is 0 Å². The van der Waals surface area contributed by atoms with Crippen molar-refractivity contribution in [3.63, 3.8) is 0 Å². The van der Waals surface area contributed by atoms with Gasteiger partial charge in [0.05, 0.1) is 6.42 Å². The highest BCUT2D eigenvalue weighted by atomic mass is 32.2. The Bertz CT molecular complexity index is 299. The van der Waals surface area contributed by atoms with E-state index < -0.39 is 5.97 Å². The number of rotatable bonds is 5. The summed E-state index contributed by atoms with van der Waals surface area (Å²) in [6.07, 6.45) is 1.56. The summed E-state index contributed by atoms with van der Waals surface area (Å²) in [5, 5.41) is 11.7. The molecule has 0 bridgehead atoms. The van der Waals surface area contributed by atoms with Crippen LogP contribution in [0.1, 0.15) is 33.1 Å². The SMILES string of the molecule is CCCC(CC(=O)O)NC(=O)N1CCSCC1C. The van der Waals surface area contributed by atoms with Gasteiger partial charge in [0.15, 0.2) is 0 Å². The van der Waals surface area contributed by atoms with Gasteiger partial charge < -0.3 is 15.3 Å². The number of carbonyl (C=O) groups excluding carboxylic acids is 1. The minimum absolute atomic E-state index is 0.00342. The van der Waals surface area contributed by atoms with Crippen molar-refractivity contribution in [2.45, 2.75) is 45.2 Å². The first-order valence-corrected chi connectivity index (χ1v) is 7.56. The Balaban J connectivity index is 2.51. The molecule has 5 nitrogen and oxygen atoms in total. The summed E-state index contributed by atoms with van der Waals surface area (Å²) in [6.45, 7) is 4.75. The van der Waals surface area contributed by atoms with E-state index in [-0.39, 0.29) is 24.5 Å². The number of hydrogen-bond acceptors (Lipinski definition) is 3. The summed E-state index contributed by atoms with van der Waals surface area (Å²) in [5.41, 5.74) is 0. The topological polar surface area (TPSA) is 69.6 Å². The maximum atomic E-state index is 12.1. The van der Waals surface area contributed by atoms with Crippen LogP contribution < -0.4 is 5.32 Å². The largest absolute Gasteiger partial charge is 0.481 e. The van der Waals surface area contributed by atoms with Gasteiger partial charge in [0.25, 0.3) is 0 Å². The highest BCUT2D eigenvalue weighted by molar-refractivity contribution is 7.99. The summed E-state index contributed by atoms with van der Waals surface area (Å²) >= 11 is 1.85. The van der Waals surface area contributed by atoms with Crippen LogP contribution in [0.2, 0.25) is 0 Å². The van der Waals surface area contributed by atoms with Crippen molar-refractivity contribution in [2.75, 3.05) is 18.1 Å². The number of carbonyl (C=O) groups is 2. The fourth-order valence-corrected chi connectivity index (χ4v) is 3.08. The van der Waals surface area contributed by atoms with Gasteiger partial charge in [-0.3, -0.25) is 4.79 Å². The smallest absolute Gasteiger partial charge is 0.317 e. The number of thioether (sulfide) groups is 1. The minimum atomic E-state index is -0.865. The van der Waals surface area contributed by atoms with Crippen LogP contribution in [0.3, 0.4) is 0 Å². The number of nitrogens with zero attached hydrogens (tertiary/aromatic N) is 1. The maximum absolute atomic E-state index is 12.1. The number of carboxylic acid groups (broad SMARTS) is 1. The van der Waals surface area contributed by atoms with Crippen molar-refractivity contribution in [3.05, 3.63) is 0 Å². The third-order valence-electron chi connectivity index (χ3n) is 3.01. The molecule has 0 aromatic heterocycles. The van der Waals surface area contributed by atoms with Crippen molar-refractivity contribution >= 4 is 23.8 Å². The Morgan fingerprint density at radius 2 is 2.28 bits per heavy atom. The van der Waals surface area contributed by atoms with E-state index in [0.717, 1.165) is 24.5 Å². The molecule has 1 aliphatic rings. The molecule has 1 aliphatic heterocycles. The third-order valence-corrected chi connectivity index (χ3v) is 4.20. The molecule has 2 N–H and O–H groups in total. The lowest BCUT2D eigenvalue weighted by Gasteiger charge is -2.34. The van der Waals surface area contributed by atoms with Gasteiger partial charge in [-0.1, -0.05) is 13.3 Å². The van der Waals surface area contributed by atoms with Crippen LogP contribution in [-0.4, -0.2) is 52.1 Å². The highest BCUT2D eigenvalue weighted by Crippen LogP contribution is 2.16. The summed E-state index contributed by atoms with van der Waals surface area (Å²) in [7, 11) is 0. The highest BCUT2D eigenvalue weighted by Gasteiger charge is 2.25. The van der Waals surface area contributed by atoms with Crippen molar-refractivity contribution in [3.8, 4) is 0 Å². The van der Waals surface area contributed by atoms with E-state index in [9.17, 15) is 9.59 Å². The van der Waals surface area contributed by atoms with Gasteiger partial charge in [0.2, 0.25) is 0 Å². The van der Waals surface area contributed by atoms with Crippen molar-refractivity contribution in [1.82, 2.24) is 10.2 Å². The fourth-order valence-electron chi connectivity index (χ4n) is 2.07. The second-order valence-electron chi connectivity index (χ2n) is 4.65. The number of aliphatic carboxylic acids is 1. The Kier molecular flexibility index (Phi) is 6.32.